The van der Waals surface area contributed by atoms with Crippen molar-refractivity contribution in [3.8, 4) is 0 Å². The van der Waals surface area contributed by atoms with Gasteiger partial charge in [-0.2, -0.15) is 0 Å². The van der Waals surface area contributed by atoms with E-state index in [1.807, 2.05) is 21.1 Å². The first-order chi connectivity index (χ1) is 46.1. The van der Waals surface area contributed by atoms with E-state index in [9.17, 15) is 19.5 Å². The van der Waals surface area contributed by atoms with Gasteiger partial charge in [0.2, 0.25) is 0 Å². The van der Waals surface area contributed by atoms with Gasteiger partial charge in [-0.3, -0.25) is 9.59 Å². The summed E-state index contributed by atoms with van der Waals surface area (Å²) >= 11 is 0. The number of unbranched alkanes of at least 4 members (excludes halogenated alkanes) is 52. The highest BCUT2D eigenvalue weighted by Gasteiger charge is 2.22. The maximum absolute atomic E-state index is 13.0. The number of esters is 2. The van der Waals surface area contributed by atoms with Gasteiger partial charge >= 0.3 is 11.9 Å². The number of rotatable bonds is 77. The Bertz CT molecular complexity index is 1730. The van der Waals surface area contributed by atoms with Gasteiger partial charge in [-0.15, -0.1) is 0 Å². The van der Waals surface area contributed by atoms with Crippen LogP contribution in [0.25, 0.3) is 0 Å². The molecule has 0 heterocycles. The topological polar surface area (TPSA) is 111 Å². The Morgan fingerprint density at radius 1 is 0.330 bits per heavy atom. The lowest BCUT2D eigenvalue weighted by molar-refractivity contribution is -0.870. The number of carbonyl (C=O) groups excluding carboxylic acids is 3. The van der Waals surface area contributed by atoms with Crippen molar-refractivity contribution in [1.29, 1.82) is 0 Å². The molecule has 0 aromatic heterocycles. The molecular formula is C85H157NO8. The lowest BCUT2D eigenvalue weighted by Crippen LogP contribution is -2.44. The van der Waals surface area contributed by atoms with Crippen molar-refractivity contribution in [2.24, 2.45) is 0 Å². The first kappa shape index (κ1) is 91.0. The Hall–Kier alpha value is -3.01. The molecule has 0 saturated heterocycles. The van der Waals surface area contributed by atoms with Gasteiger partial charge in [0.1, 0.15) is 13.2 Å². The number of hydrogen-bond acceptors (Lipinski definition) is 8. The van der Waals surface area contributed by atoms with Gasteiger partial charge in [0.15, 0.2) is 12.4 Å². The number of aliphatic carboxylic acids is 1. The van der Waals surface area contributed by atoms with Crippen molar-refractivity contribution in [2.45, 2.75) is 418 Å². The van der Waals surface area contributed by atoms with Gasteiger partial charge in [-0.25, -0.2) is 0 Å². The summed E-state index contributed by atoms with van der Waals surface area (Å²) in [6.07, 6.45) is 97.9. The van der Waals surface area contributed by atoms with Crippen LogP contribution in [0.15, 0.2) is 60.8 Å². The van der Waals surface area contributed by atoms with Crippen molar-refractivity contribution in [2.75, 3.05) is 47.5 Å². The summed E-state index contributed by atoms with van der Waals surface area (Å²) in [4.78, 5) is 37.6. The Morgan fingerprint density at radius 3 is 0.904 bits per heavy atom. The number of allylic oxidation sites excluding steroid dienone is 10. The molecule has 0 saturated carbocycles. The largest absolute Gasteiger partial charge is 0.545 e. The van der Waals surface area contributed by atoms with Crippen LogP contribution < -0.4 is 5.11 Å². The first-order valence-electron chi connectivity index (χ1n) is 40.9. The molecule has 0 aromatic carbocycles. The number of carbonyl (C=O) groups is 3. The monoisotopic (exact) mass is 1320 g/mol. The minimum atomic E-state index is -1.62. The van der Waals surface area contributed by atoms with Crippen LogP contribution in [0.1, 0.15) is 406 Å². The first-order valence-corrected chi connectivity index (χ1v) is 40.9. The molecular weight excluding hydrogens is 1160 g/mol. The molecule has 0 aliphatic carbocycles. The van der Waals surface area contributed by atoms with E-state index in [-0.39, 0.29) is 32.2 Å². The lowest BCUT2D eigenvalue weighted by atomic mass is 10.0. The molecule has 0 fully saturated rings. The van der Waals surface area contributed by atoms with Gasteiger partial charge in [0, 0.05) is 12.8 Å². The SMILES string of the molecule is CC/C=C\C/C=C\C/C=C\C/C=C\C/C=C\CCCCCCCCCCCCCCCCCCCCCC(=O)OC(COC(=O)CCCCCCCCCCCCCCCCCCCCCCCCCCCCCCCCCCCC)COC(OCC[N+](C)(C)C)C(=O)[O-]. The molecule has 0 spiro atoms. The fraction of sp³-hybridized carbons (Fsp3) is 0.847. The molecule has 0 aliphatic heterocycles. The zero-order valence-corrected chi connectivity index (χ0v) is 63.1. The third-order valence-corrected chi connectivity index (χ3v) is 18.5. The van der Waals surface area contributed by atoms with Gasteiger partial charge in [0.05, 0.1) is 40.3 Å². The highest BCUT2D eigenvalue weighted by molar-refractivity contribution is 5.70. The predicted octanol–water partition coefficient (Wildman–Crippen LogP) is 24.9. The quantitative estimate of drug-likeness (QED) is 0.0195. The molecule has 0 aliphatic rings. The Labute approximate surface area is 584 Å². The van der Waals surface area contributed by atoms with Crippen LogP contribution in [0.5, 0.6) is 0 Å². The summed E-state index contributed by atoms with van der Waals surface area (Å²) in [5, 5.41) is 11.9. The fourth-order valence-corrected chi connectivity index (χ4v) is 12.3. The van der Waals surface area contributed by atoms with Gasteiger partial charge < -0.3 is 33.3 Å². The van der Waals surface area contributed by atoms with E-state index in [1.165, 1.54) is 308 Å². The molecule has 94 heavy (non-hydrogen) atoms. The highest BCUT2D eigenvalue weighted by Crippen LogP contribution is 2.20. The standard InChI is InChI=1S/C85H157NO8/c1-6-8-10-12-14-16-18-20-22-24-26-28-30-32-34-36-38-40-42-44-46-48-50-52-54-56-58-60-62-64-66-68-70-72-74-76-83(88)94-81(80-93-85(84(89)90)91-78-77-86(3,4)5)79-92-82(87)75-73-71-69-67-65-63-61-59-57-55-53-51-49-47-45-43-41-39-37-35-33-31-29-27-25-23-21-19-17-15-13-11-9-7-2/h8,10,14,16,20,22,26,28,32,34,81,85H,6-7,9,11-13,15,17-19,21,23-25,27,29-31,33,35-80H2,1-5H3/b10-8-,16-14-,22-20-,28-26-,34-32-. The van der Waals surface area contributed by atoms with Crippen LogP contribution in [0.3, 0.4) is 0 Å². The van der Waals surface area contributed by atoms with Crippen LogP contribution in [0.2, 0.25) is 0 Å². The van der Waals surface area contributed by atoms with Crippen molar-refractivity contribution in [1.82, 2.24) is 0 Å². The minimum Gasteiger partial charge on any atom is -0.545 e. The molecule has 9 nitrogen and oxygen atoms in total. The maximum Gasteiger partial charge on any atom is 0.306 e. The zero-order valence-electron chi connectivity index (χ0n) is 63.1. The molecule has 0 amide bonds. The zero-order chi connectivity index (χ0) is 68.2. The molecule has 0 radical (unpaired) electrons. The number of nitrogens with zero attached hydrogens (tertiary/aromatic N) is 1. The summed E-state index contributed by atoms with van der Waals surface area (Å²) in [5.74, 6) is -2.25. The Balaban J connectivity index is 3.96. The third-order valence-electron chi connectivity index (χ3n) is 18.5. The lowest BCUT2D eigenvalue weighted by Gasteiger charge is -2.26. The number of carboxylic acids is 1. The smallest absolute Gasteiger partial charge is 0.306 e. The van der Waals surface area contributed by atoms with Crippen LogP contribution >= 0.6 is 0 Å². The van der Waals surface area contributed by atoms with E-state index < -0.39 is 24.3 Å². The van der Waals surface area contributed by atoms with Crippen molar-refractivity contribution in [3.05, 3.63) is 60.8 Å². The maximum atomic E-state index is 13.0. The van der Waals surface area contributed by atoms with E-state index >= 15 is 0 Å². The average Bonchev–Trinajstić information content (AvgIpc) is 3.76. The van der Waals surface area contributed by atoms with Crippen molar-refractivity contribution < 1.29 is 42.9 Å². The van der Waals surface area contributed by atoms with Gasteiger partial charge in [0.25, 0.3) is 0 Å². The molecule has 2 unspecified atom stereocenters. The van der Waals surface area contributed by atoms with Crippen LogP contribution in [0, 0.1) is 0 Å². The molecule has 2 atom stereocenters. The predicted molar refractivity (Wildman–Crippen MR) is 403 cm³/mol. The van der Waals surface area contributed by atoms with E-state index in [4.69, 9.17) is 18.9 Å². The third kappa shape index (κ3) is 76.4. The number of quaternary nitrogens is 1. The highest BCUT2D eigenvalue weighted by atomic mass is 16.7. The summed E-state index contributed by atoms with van der Waals surface area (Å²) < 4.78 is 22.9. The summed E-state index contributed by atoms with van der Waals surface area (Å²) in [7, 11) is 5.95. The fourth-order valence-electron chi connectivity index (χ4n) is 12.3. The second-order valence-electron chi connectivity index (χ2n) is 29.0. The number of ether oxygens (including phenoxy) is 4. The summed E-state index contributed by atoms with van der Waals surface area (Å²) in [6, 6.07) is 0. The minimum absolute atomic E-state index is 0.150. The second-order valence-corrected chi connectivity index (χ2v) is 29.0. The van der Waals surface area contributed by atoms with Crippen molar-refractivity contribution >= 4 is 17.9 Å². The van der Waals surface area contributed by atoms with E-state index in [1.54, 1.807) is 0 Å². The van der Waals surface area contributed by atoms with Crippen LogP contribution in [-0.4, -0.2) is 82.3 Å². The molecule has 0 rings (SSSR count). The summed E-state index contributed by atoms with van der Waals surface area (Å²) in [6.45, 7) is 4.71. The van der Waals surface area contributed by atoms with Crippen LogP contribution in [-0.2, 0) is 33.3 Å². The molecule has 0 aromatic rings. The number of hydrogen-bond donors (Lipinski definition) is 0. The molecule has 550 valence electrons. The van der Waals surface area contributed by atoms with Crippen molar-refractivity contribution in [3.63, 3.8) is 0 Å². The second kappa shape index (κ2) is 75.8. The number of carboxylic acid groups (broad SMARTS) is 1. The Morgan fingerprint density at radius 2 is 0.606 bits per heavy atom. The average molecular weight is 1320 g/mol. The molecule has 0 bridgehead atoms. The molecule has 9 heteroatoms. The normalized spacial score (nSPS) is 12.9. The summed E-state index contributed by atoms with van der Waals surface area (Å²) in [5.41, 5.74) is 0. The molecule has 0 N–H and O–H groups in total. The Kier molecular flexibility index (Phi) is 73.3. The van der Waals surface area contributed by atoms with Crippen LogP contribution in [0.4, 0.5) is 0 Å². The van der Waals surface area contributed by atoms with Gasteiger partial charge in [-0.05, 0) is 57.8 Å². The van der Waals surface area contributed by atoms with E-state index in [0.717, 1.165) is 64.2 Å². The van der Waals surface area contributed by atoms with Gasteiger partial charge in [-0.1, -0.05) is 396 Å². The van der Waals surface area contributed by atoms with E-state index in [2.05, 4.69) is 74.6 Å². The van der Waals surface area contributed by atoms with E-state index in [0.29, 0.717) is 23.9 Å². The number of likely N-dealkylation sites (N-methyl/N-ethyl adjacent to an activating group) is 1.